The van der Waals surface area contributed by atoms with Gasteiger partial charge in [-0.05, 0) is 42.4 Å². The van der Waals surface area contributed by atoms with Crippen molar-refractivity contribution in [3.63, 3.8) is 0 Å². The second-order valence-corrected chi connectivity index (χ2v) is 9.53. The van der Waals surface area contributed by atoms with Crippen LogP contribution in [0.3, 0.4) is 0 Å². The van der Waals surface area contributed by atoms with E-state index in [-0.39, 0.29) is 5.56 Å². The molecule has 0 radical (unpaired) electrons. The van der Waals surface area contributed by atoms with Crippen molar-refractivity contribution in [3.8, 4) is 0 Å². The van der Waals surface area contributed by atoms with Crippen LogP contribution in [0.5, 0.6) is 0 Å². The summed E-state index contributed by atoms with van der Waals surface area (Å²) in [5.74, 6) is 1.29. The number of rotatable bonds is 1. The molecule has 4 rings (SSSR count). The van der Waals surface area contributed by atoms with Crippen molar-refractivity contribution in [1.29, 1.82) is 0 Å². The van der Waals surface area contributed by atoms with Gasteiger partial charge in [-0.2, -0.15) is 0 Å². The first kappa shape index (κ1) is 16.1. The van der Waals surface area contributed by atoms with Crippen molar-refractivity contribution in [2.45, 2.75) is 45.2 Å². The maximum absolute atomic E-state index is 12.9. The van der Waals surface area contributed by atoms with E-state index in [0.29, 0.717) is 17.1 Å². The fourth-order valence-corrected chi connectivity index (χ4v) is 5.69. The summed E-state index contributed by atoms with van der Waals surface area (Å²) in [6, 6.07) is 0. The van der Waals surface area contributed by atoms with Crippen LogP contribution in [0.2, 0.25) is 0 Å². The monoisotopic (exact) mass is 362 g/mol. The third kappa shape index (κ3) is 2.17. The first-order valence-corrected chi connectivity index (χ1v) is 10.3. The first-order chi connectivity index (χ1) is 11.3. The molecule has 0 saturated carbocycles. The van der Waals surface area contributed by atoms with Gasteiger partial charge in [0.25, 0.3) is 5.56 Å². The van der Waals surface area contributed by atoms with Crippen LogP contribution >= 0.6 is 23.1 Å². The molecule has 24 heavy (non-hydrogen) atoms. The fraction of sp³-hybridized carbons (Fsp3) is 0.588. The zero-order chi connectivity index (χ0) is 17.2. The largest absolute Gasteiger partial charge is 0.279 e. The molecule has 0 bridgehead atoms. The number of thioether (sulfide) groups is 1. The molecule has 3 aromatic heterocycles. The molecule has 1 aliphatic carbocycles. The first-order valence-electron chi connectivity index (χ1n) is 8.25. The van der Waals surface area contributed by atoms with E-state index in [1.54, 1.807) is 34.7 Å². The Balaban J connectivity index is 2.03. The van der Waals surface area contributed by atoms with Crippen LogP contribution in [0.1, 0.15) is 37.6 Å². The lowest BCUT2D eigenvalue weighted by Gasteiger charge is -2.33. The second kappa shape index (κ2) is 5.33. The molecule has 0 saturated heterocycles. The van der Waals surface area contributed by atoms with Gasteiger partial charge in [-0.3, -0.25) is 9.36 Å². The number of thiophene rings is 1. The lowest BCUT2D eigenvalue weighted by molar-refractivity contribution is 0.218. The SMILES string of the molecule is CSc1nnc2n(C)c(=O)c3c4c(sc3n12)C[C@@H](C(C)(C)C)CC4. The highest BCUT2D eigenvalue weighted by molar-refractivity contribution is 7.98. The molecule has 0 fully saturated rings. The molecule has 128 valence electrons. The van der Waals surface area contributed by atoms with Gasteiger partial charge in [0.1, 0.15) is 4.83 Å². The number of aromatic nitrogens is 4. The van der Waals surface area contributed by atoms with E-state index in [1.165, 1.54) is 10.4 Å². The van der Waals surface area contributed by atoms with E-state index >= 15 is 0 Å². The van der Waals surface area contributed by atoms with Crippen LogP contribution in [0.15, 0.2) is 9.95 Å². The summed E-state index contributed by atoms with van der Waals surface area (Å²) >= 11 is 3.33. The van der Waals surface area contributed by atoms with E-state index in [2.05, 4.69) is 35.4 Å². The van der Waals surface area contributed by atoms with E-state index in [9.17, 15) is 4.79 Å². The van der Waals surface area contributed by atoms with Crippen molar-refractivity contribution in [2.24, 2.45) is 18.4 Å². The maximum atomic E-state index is 12.9. The molecule has 3 heterocycles. The topological polar surface area (TPSA) is 52.2 Å². The number of hydrogen-bond donors (Lipinski definition) is 0. The van der Waals surface area contributed by atoms with Crippen molar-refractivity contribution in [3.05, 3.63) is 20.8 Å². The van der Waals surface area contributed by atoms with Crippen molar-refractivity contribution in [2.75, 3.05) is 6.26 Å². The average molecular weight is 363 g/mol. The summed E-state index contributed by atoms with van der Waals surface area (Å²) in [4.78, 5) is 15.3. The summed E-state index contributed by atoms with van der Waals surface area (Å²) in [6.45, 7) is 6.95. The van der Waals surface area contributed by atoms with Crippen LogP contribution in [0.4, 0.5) is 0 Å². The van der Waals surface area contributed by atoms with Gasteiger partial charge in [-0.15, -0.1) is 21.5 Å². The molecule has 1 aliphatic rings. The zero-order valence-electron chi connectivity index (χ0n) is 14.7. The summed E-state index contributed by atoms with van der Waals surface area (Å²) in [5, 5.41) is 10.2. The molecule has 0 aromatic carbocycles. The molecule has 7 heteroatoms. The average Bonchev–Trinajstić information content (AvgIpc) is 3.11. The van der Waals surface area contributed by atoms with Crippen molar-refractivity contribution < 1.29 is 0 Å². The van der Waals surface area contributed by atoms with Gasteiger partial charge in [-0.25, -0.2) is 4.40 Å². The predicted molar refractivity (Wildman–Crippen MR) is 100 cm³/mol. The molecular weight excluding hydrogens is 340 g/mol. The van der Waals surface area contributed by atoms with Gasteiger partial charge in [0.15, 0.2) is 5.16 Å². The Labute approximate surface area is 149 Å². The normalized spacial score (nSPS) is 18.5. The molecule has 0 N–H and O–H groups in total. The Morgan fingerprint density at radius 1 is 1.29 bits per heavy atom. The van der Waals surface area contributed by atoms with Crippen molar-refractivity contribution in [1.82, 2.24) is 19.2 Å². The Hall–Kier alpha value is -1.34. The van der Waals surface area contributed by atoms with Gasteiger partial charge in [-0.1, -0.05) is 32.5 Å². The van der Waals surface area contributed by atoms with Crippen LogP contribution in [-0.2, 0) is 19.9 Å². The number of fused-ring (bicyclic) bond motifs is 5. The third-order valence-corrected chi connectivity index (χ3v) is 7.16. The highest BCUT2D eigenvalue weighted by Crippen LogP contribution is 2.42. The van der Waals surface area contributed by atoms with Crippen LogP contribution < -0.4 is 5.56 Å². The quantitative estimate of drug-likeness (QED) is 0.622. The van der Waals surface area contributed by atoms with E-state index < -0.39 is 0 Å². The lowest BCUT2D eigenvalue weighted by Crippen LogP contribution is -2.27. The molecular formula is C17H22N4OS2. The standard InChI is InChI=1S/C17H22N4OS2/c1-17(2,3)9-6-7-10-11(8-9)24-14-12(10)13(22)20(4)15-18-19-16(23-5)21(14)15/h9H,6-8H2,1-5H3/t9-/m0/s1. The van der Waals surface area contributed by atoms with Crippen LogP contribution in [0, 0.1) is 11.3 Å². The molecule has 3 aromatic rings. The minimum Gasteiger partial charge on any atom is -0.279 e. The van der Waals surface area contributed by atoms with E-state index in [4.69, 9.17) is 0 Å². The second-order valence-electron chi connectivity index (χ2n) is 7.68. The maximum Gasteiger partial charge on any atom is 0.263 e. The highest BCUT2D eigenvalue weighted by Gasteiger charge is 2.32. The van der Waals surface area contributed by atoms with Gasteiger partial charge < -0.3 is 0 Å². The zero-order valence-corrected chi connectivity index (χ0v) is 16.3. The smallest absolute Gasteiger partial charge is 0.263 e. The van der Waals surface area contributed by atoms with Gasteiger partial charge >= 0.3 is 0 Å². The molecule has 0 spiro atoms. The van der Waals surface area contributed by atoms with Gasteiger partial charge in [0.2, 0.25) is 5.78 Å². The minimum absolute atomic E-state index is 0.0595. The Bertz CT molecular complexity index is 1010. The van der Waals surface area contributed by atoms with Crippen LogP contribution in [0.25, 0.3) is 16.0 Å². The Kier molecular flexibility index (Phi) is 3.58. The molecule has 0 aliphatic heterocycles. The molecule has 1 atom stereocenters. The van der Waals surface area contributed by atoms with E-state index in [1.807, 2.05) is 6.26 Å². The number of aryl methyl sites for hydroxylation is 2. The summed E-state index contributed by atoms with van der Waals surface area (Å²) < 4.78 is 3.69. The third-order valence-electron chi connectivity index (χ3n) is 5.29. The lowest BCUT2D eigenvalue weighted by atomic mass is 9.72. The number of hydrogen-bond acceptors (Lipinski definition) is 5. The Morgan fingerprint density at radius 3 is 2.71 bits per heavy atom. The predicted octanol–water partition coefficient (Wildman–Crippen LogP) is 3.52. The molecule has 0 amide bonds. The fourth-order valence-electron chi connectivity index (χ4n) is 3.74. The number of nitrogens with zero attached hydrogens (tertiary/aromatic N) is 4. The summed E-state index contributed by atoms with van der Waals surface area (Å²) in [6.07, 6.45) is 5.21. The molecule has 5 nitrogen and oxygen atoms in total. The molecule has 0 unspecified atom stereocenters. The van der Waals surface area contributed by atoms with Crippen LogP contribution in [-0.4, -0.2) is 25.4 Å². The summed E-state index contributed by atoms with van der Waals surface area (Å²) in [5.41, 5.74) is 1.62. The summed E-state index contributed by atoms with van der Waals surface area (Å²) in [7, 11) is 1.79. The van der Waals surface area contributed by atoms with Gasteiger partial charge in [0, 0.05) is 11.9 Å². The highest BCUT2D eigenvalue weighted by atomic mass is 32.2. The Morgan fingerprint density at radius 2 is 2.04 bits per heavy atom. The minimum atomic E-state index is 0.0595. The van der Waals surface area contributed by atoms with E-state index in [0.717, 1.165) is 34.6 Å². The van der Waals surface area contributed by atoms with Gasteiger partial charge in [0.05, 0.1) is 5.39 Å². The van der Waals surface area contributed by atoms with Crippen molar-refractivity contribution >= 4 is 39.1 Å².